The SMILES string of the molecule is c1ccc(-n2c3ccc(-c4ccc(-c5cccc6ccccc56)cn4)cc3c3cccnc32)nc1. The Labute approximate surface area is 202 Å². The number of benzene rings is 3. The van der Waals surface area contributed by atoms with Gasteiger partial charge in [0, 0.05) is 40.5 Å². The van der Waals surface area contributed by atoms with E-state index in [0.717, 1.165) is 44.6 Å². The molecular weight excluding hydrogens is 428 g/mol. The van der Waals surface area contributed by atoms with E-state index in [9.17, 15) is 0 Å². The molecule has 0 atom stereocenters. The molecule has 0 spiro atoms. The van der Waals surface area contributed by atoms with Crippen LogP contribution in [0.15, 0.2) is 122 Å². The molecule has 0 unspecified atom stereocenters. The van der Waals surface area contributed by atoms with Crippen molar-refractivity contribution < 1.29 is 0 Å². The number of aromatic nitrogens is 4. The summed E-state index contributed by atoms with van der Waals surface area (Å²) in [4.78, 5) is 14.1. The van der Waals surface area contributed by atoms with Crippen LogP contribution in [0.25, 0.3) is 60.9 Å². The second kappa shape index (κ2) is 7.89. The number of nitrogens with zero attached hydrogens (tertiary/aromatic N) is 4. The van der Waals surface area contributed by atoms with Gasteiger partial charge in [-0.1, -0.05) is 60.7 Å². The number of hydrogen-bond donors (Lipinski definition) is 0. The molecule has 35 heavy (non-hydrogen) atoms. The topological polar surface area (TPSA) is 43.6 Å². The highest BCUT2D eigenvalue weighted by Gasteiger charge is 2.15. The molecule has 0 saturated carbocycles. The van der Waals surface area contributed by atoms with Crippen molar-refractivity contribution in [3.05, 3.63) is 122 Å². The smallest absolute Gasteiger partial charge is 0.146 e. The lowest BCUT2D eigenvalue weighted by atomic mass is 9.99. The summed E-state index contributed by atoms with van der Waals surface area (Å²) in [7, 11) is 0. The van der Waals surface area contributed by atoms with Gasteiger partial charge < -0.3 is 0 Å². The Bertz CT molecular complexity index is 1830. The van der Waals surface area contributed by atoms with Crippen LogP contribution in [0, 0.1) is 0 Å². The van der Waals surface area contributed by atoms with Crippen LogP contribution in [0.2, 0.25) is 0 Å². The van der Waals surface area contributed by atoms with Gasteiger partial charge in [0.25, 0.3) is 0 Å². The van der Waals surface area contributed by atoms with E-state index >= 15 is 0 Å². The van der Waals surface area contributed by atoms with Crippen molar-refractivity contribution in [2.45, 2.75) is 0 Å². The summed E-state index contributed by atoms with van der Waals surface area (Å²) in [6.07, 6.45) is 5.61. The van der Waals surface area contributed by atoms with Crippen LogP contribution in [0.5, 0.6) is 0 Å². The van der Waals surface area contributed by atoms with Gasteiger partial charge in [0.2, 0.25) is 0 Å². The van der Waals surface area contributed by atoms with E-state index in [1.165, 1.54) is 16.3 Å². The predicted molar refractivity (Wildman–Crippen MR) is 143 cm³/mol. The van der Waals surface area contributed by atoms with Crippen molar-refractivity contribution in [2.24, 2.45) is 0 Å². The van der Waals surface area contributed by atoms with Gasteiger partial charge >= 0.3 is 0 Å². The maximum atomic E-state index is 4.85. The van der Waals surface area contributed by atoms with Crippen molar-refractivity contribution in [3.63, 3.8) is 0 Å². The second-order valence-electron chi connectivity index (χ2n) is 8.59. The Morgan fingerprint density at radius 1 is 0.543 bits per heavy atom. The summed E-state index contributed by atoms with van der Waals surface area (Å²) in [5, 5.41) is 4.71. The Hall–Kier alpha value is -4.83. The van der Waals surface area contributed by atoms with Crippen molar-refractivity contribution in [2.75, 3.05) is 0 Å². The first kappa shape index (κ1) is 19.6. The van der Waals surface area contributed by atoms with Crippen LogP contribution >= 0.6 is 0 Å². The van der Waals surface area contributed by atoms with Gasteiger partial charge in [-0.05, 0) is 58.8 Å². The lowest BCUT2D eigenvalue weighted by Crippen LogP contribution is -1.97. The van der Waals surface area contributed by atoms with Gasteiger partial charge in [-0.3, -0.25) is 9.55 Å². The molecule has 0 aliphatic carbocycles. The zero-order valence-electron chi connectivity index (χ0n) is 18.8. The molecule has 0 bridgehead atoms. The van der Waals surface area contributed by atoms with Crippen LogP contribution in [0.4, 0.5) is 0 Å². The average Bonchev–Trinajstić information content (AvgIpc) is 3.27. The van der Waals surface area contributed by atoms with E-state index in [-0.39, 0.29) is 0 Å². The van der Waals surface area contributed by atoms with Gasteiger partial charge in [0.05, 0.1) is 11.2 Å². The minimum Gasteiger partial charge on any atom is -0.278 e. The number of pyridine rings is 3. The first-order valence-corrected chi connectivity index (χ1v) is 11.6. The molecule has 3 aromatic carbocycles. The lowest BCUT2D eigenvalue weighted by molar-refractivity contribution is 1.06. The monoisotopic (exact) mass is 448 g/mol. The molecule has 0 amide bonds. The Morgan fingerprint density at radius 2 is 1.37 bits per heavy atom. The number of rotatable bonds is 3. The van der Waals surface area contributed by atoms with Gasteiger partial charge in [-0.15, -0.1) is 0 Å². The van der Waals surface area contributed by atoms with Crippen molar-refractivity contribution in [1.29, 1.82) is 0 Å². The highest BCUT2D eigenvalue weighted by molar-refractivity contribution is 6.09. The highest BCUT2D eigenvalue weighted by Crippen LogP contribution is 2.34. The van der Waals surface area contributed by atoms with E-state index in [1.54, 1.807) is 0 Å². The van der Waals surface area contributed by atoms with Crippen LogP contribution in [0.1, 0.15) is 0 Å². The van der Waals surface area contributed by atoms with E-state index < -0.39 is 0 Å². The van der Waals surface area contributed by atoms with Gasteiger partial charge in [-0.25, -0.2) is 9.97 Å². The van der Waals surface area contributed by atoms with E-state index in [2.05, 4.69) is 93.4 Å². The minimum atomic E-state index is 0.858. The quantitative estimate of drug-likeness (QED) is 0.282. The normalized spacial score (nSPS) is 11.4. The van der Waals surface area contributed by atoms with Crippen LogP contribution in [0.3, 0.4) is 0 Å². The summed E-state index contributed by atoms with van der Waals surface area (Å²) in [5.74, 6) is 0.858. The number of fused-ring (bicyclic) bond motifs is 4. The fourth-order valence-electron chi connectivity index (χ4n) is 4.92. The van der Waals surface area contributed by atoms with E-state index in [1.807, 2.05) is 42.9 Å². The summed E-state index contributed by atoms with van der Waals surface area (Å²) >= 11 is 0. The Morgan fingerprint density at radius 3 is 2.26 bits per heavy atom. The molecule has 0 aliphatic rings. The molecule has 0 aliphatic heterocycles. The van der Waals surface area contributed by atoms with Crippen LogP contribution in [-0.2, 0) is 0 Å². The molecule has 4 heterocycles. The predicted octanol–water partition coefficient (Wildman–Crippen LogP) is 7.46. The third kappa shape index (κ3) is 3.19. The first-order valence-electron chi connectivity index (χ1n) is 11.6. The van der Waals surface area contributed by atoms with Crippen LogP contribution < -0.4 is 0 Å². The summed E-state index contributed by atoms with van der Waals surface area (Å²) < 4.78 is 2.12. The molecule has 0 fully saturated rings. The second-order valence-corrected chi connectivity index (χ2v) is 8.59. The summed E-state index contributed by atoms with van der Waals surface area (Å²) in [6.45, 7) is 0. The summed E-state index contributed by atoms with van der Waals surface area (Å²) in [6, 6.07) is 35.6. The Balaban J connectivity index is 1.35. The molecule has 164 valence electrons. The Kier molecular flexibility index (Phi) is 4.42. The van der Waals surface area contributed by atoms with Crippen molar-refractivity contribution in [3.8, 4) is 28.2 Å². The maximum absolute atomic E-state index is 4.85. The third-order valence-corrected chi connectivity index (χ3v) is 6.56. The minimum absolute atomic E-state index is 0.858. The zero-order valence-corrected chi connectivity index (χ0v) is 18.8. The molecule has 7 aromatic rings. The fourth-order valence-corrected chi connectivity index (χ4v) is 4.92. The molecule has 0 radical (unpaired) electrons. The summed E-state index contributed by atoms with van der Waals surface area (Å²) in [5.41, 5.74) is 6.31. The first-order chi connectivity index (χ1) is 17.4. The van der Waals surface area contributed by atoms with Crippen molar-refractivity contribution in [1.82, 2.24) is 19.5 Å². The van der Waals surface area contributed by atoms with Gasteiger partial charge in [0.1, 0.15) is 11.5 Å². The molecule has 0 N–H and O–H groups in total. The van der Waals surface area contributed by atoms with E-state index in [0.29, 0.717) is 0 Å². The third-order valence-electron chi connectivity index (χ3n) is 6.56. The fraction of sp³-hybridized carbons (Fsp3) is 0. The number of hydrogen-bond acceptors (Lipinski definition) is 3. The van der Waals surface area contributed by atoms with Crippen LogP contribution in [-0.4, -0.2) is 19.5 Å². The molecular formula is C31H20N4. The molecule has 0 saturated heterocycles. The van der Waals surface area contributed by atoms with E-state index in [4.69, 9.17) is 4.98 Å². The molecule has 7 rings (SSSR count). The standard InChI is InChI=1S/C31H20N4/c1-2-9-24-21(7-1)8-5-10-25(24)23-13-15-28(34-20-23)22-14-16-29-27(19-22)26-11-6-18-33-31(26)35(29)30-12-3-4-17-32-30/h1-20H. The van der Waals surface area contributed by atoms with Crippen molar-refractivity contribution >= 4 is 32.7 Å². The highest BCUT2D eigenvalue weighted by atomic mass is 15.1. The zero-order chi connectivity index (χ0) is 23.2. The molecule has 4 aromatic heterocycles. The van der Waals surface area contributed by atoms with Gasteiger partial charge in [0.15, 0.2) is 0 Å². The van der Waals surface area contributed by atoms with Gasteiger partial charge in [-0.2, -0.15) is 0 Å². The largest absolute Gasteiger partial charge is 0.278 e. The average molecular weight is 449 g/mol. The molecule has 4 nitrogen and oxygen atoms in total. The lowest BCUT2D eigenvalue weighted by Gasteiger charge is -2.08. The molecule has 4 heteroatoms. The maximum Gasteiger partial charge on any atom is 0.146 e.